The molecule has 1 atom stereocenters. The van der Waals surface area contributed by atoms with Crippen LogP contribution in [0.2, 0.25) is 0 Å². The molecule has 1 aromatic rings. The molecular weight excluding hydrogens is 216 g/mol. The Balaban J connectivity index is 2.38. The first-order valence-electron chi connectivity index (χ1n) is 6.14. The molecule has 0 saturated carbocycles. The lowest BCUT2D eigenvalue weighted by atomic mass is 10.3. The first-order valence-corrected chi connectivity index (χ1v) is 6.14. The summed E-state index contributed by atoms with van der Waals surface area (Å²) in [6, 6.07) is 2.31. The molecule has 1 heterocycles. The lowest BCUT2D eigenvalue weighted by molar-refractivity contribution is -0.119. The number of hydrogen-bond donors (Lipinski definition) is 1. The quantitative estimate of drug-likeness (QED) is 0.706. The highest BCUT2D eigenvalue weighted by Crippen LogP contribution is 2.04. The lowest BCUT2D eigenvalue weighted by Gasteiger charge is -2.21. The van der Waals surface area contributed by atoms with Gasteiger partial charge in [0.25, 0.3) is 0 Å². The third kappa shape index (κ3) is 4.50. The van der Waals surface area contributed by atoms with Gasteiger partial charge in [0.2, 0.25) is 0 Å². The molecule has 0 spiro atoms. The first kappa shape index (κ1) is 14.2. The van der Waals surface area contributed by atoms with E-state index in [1.54, 1.807) is 14.2 Å². The SMILES string of the molecule is CCCn1ccc(CNC(C)C(OC)OC)c1. The van der Waals surface area contributed by atoms with Crippen molar-refractivity contribution in [3.8, 4) is 0 Å². The summed E-state index contributed by atoms with van der Waals surface area (Å²) in [5.41, 5.74) is 1.29. The van der Waals surface area contributed by atoms with Gasteiger partial charge in [-0.2, -0.15) is 0 Å². The number of methoxy groups -OCH3 is 2. The highest BCUT2D eigenvalue weighted by molar-refractivity contribution is 5.10. The molecule has 98 valence electrons. The third-order valence-electron chi connectivity index (χ3n) is 2.79. The van der Waals surface area contributed by atoms with E-state index in [9.17, 15) is 0 Å². The van der Waals surface area contributed by atoms with Crippen LogP contribution in [0, 0.1) is 0 Å². The van der Waals surface area contributed by atoms with Crippen molar-refractivity contribution >= 4 is 0 Å². The molecule has 0 aromatic carbocycles. The zero-order valence-electron chi connectivity index (χ0n) is 11.3. The van der Waals surface area contributed by atoms with E-state index in [1.807, 2.05) is 0 Å². The Morgan fingerprint density at radius 2 is 2.06 bits per heavy atom. The summed E-state index contributed by atoms with van der Waals surface area (Å²) in [5, 5.41) is 3.39. The van der Waals surface area contributed by atoms with Crippen molar-refractivity contribution in [2.45, 2.75) is 45.7 Å². The van der Waals surface area contributed by atoms with Gasteiger partial charge in [-0.25, -0.2) is 0 Å². The molecule has 0 aliphatic carbocycles. The Morgan fingerprint density at radius 3 is 2.65 bits per heavy atom. The second kappa shape index (κ2) is 7.48. The molecule has 0 saturated heterocycles. The normalized spacial score (nSPS) is 13.2. The largest absolute Gasteiger partial charge is 0.354 e. The molecule has 1 unspecified atom stereocenters. The summed E-state index contributed by atoms with van der Waals surface area (Å²) in [4.78, 5) is 0. The van der Waals surface area contributed by atoms with Gasteiger partial charge >= 0.3 is 0 Å². The first-order chi connectivity index (χ1) is 8.21. The van der Waals surface area contributed by atoms with E-state index in [4.69, 9.17) is 9.47 Å². The number of ether oxygens (including phenoxy) is 2. The van der Waals surface area contributed by atoms with Crippen LogP contribution in [0.3, 0.4) is 0 Å². The van der Waals surface area contributed by atoms with E-state index < -0.39 is 0 Å². The molecule has 0 amide bonds. The van der Waals surface area contributed by atoms with E-state index in [-0.39, 0.29) is 12.3 Å². The molecule has 0 radical (unpaired) electrons. The van der Waals surface area contributed by atoms with Crippen LogP contribution in [0.4, 0.5) is 0 Å². The second-order valence-corrected chi connectivity index (χ2v) is 4.27. The van der Waals surface area contributed by atoms with Crippen LogP contribution in [-0.4, -0.2) is 31.1 Å². The predicted octanol–water partition coefficient (Wildman–Crippen LogP) is 2.00. The summed E-state index contributed by atoms with van der Waals surface area (Å²) in [6.45, 7) is 6.15. The minimum atomic E-state index is -0.201. The average Bonchev–Trinajstić information content (AvgIpc) is 2.76. The average molecular weight is 240 g/mol. The lowest BCUT2D eigenvalue weighted by Crippen LogP contribution is -2.39. The molecule has 17 heavy (non-hydrogen) atoms. The van der Waals surface area contributed by atoms with Gasteiger partial charge in [0.05, 0.1) is 6.04 Å². The van der Waals surface area contributed by atoms with E-state index >= 15 is 0 Å². The van der Waals surface area contributed by atoms with Crippen molar-refractivity contribution < 1.29 is 9.47 Å². The van der Waals surface area contributed by atoms with Crippen molar-refractivity contribution in [3.05, 3.63) is 24.0 Å². The zero-order chi connectivity index (χ0) is 12.7. The molecule has 4 nitrogen and oxygen atoms in total. The fourth-order valence-electron chi connectivity index (χ4n) is 1.87. The summed E-state index contributed by atoms with van der Waals surface area (Å²) < 4.78 is 12.6. The molecule has 0 aliphatic rings. The second-order valence-electron chi connectivity index (χ2n) is 4.27. The highest BCUT2D eigenvalue weighted by Gasteiger charge is 2.14. The van der Waals surface area contributed by atoms with Gasteiger partial charge < -0.3 is 19.4 Å². The fraction of sp³-hybridized carbons (Fsp3) is 0.692. The standard InChI is InChI=1S/C13H24N2O2/c1-5-7-15-8-6-12(10-15)9-14-11(2)13(16-3)17-4/h6,8,10-11,13-14H,5,7,9H2,1-4H3. The van der Waals surface area contributed by atoms with Gasteiger partial charge in [-0.15, -0.1) is 0 Å². The molecule has 0 aliphatic heterocycles. The predicted molar refractivity (Wildman–Crippen MR) is 68.8 cm³/mol. The molecule has 0 bridgehead atoms. The third-order valence-corrected chi connectivity index (χ3v) is 2.79. The van der Waals surface area contributed by atoms with Crippen LogP contribution in [0.5, 0.6) is 0 Å². The molecule has 4 heteroatoms. The summed E-state index contributed by atoms with van der Waals surface area (Å²) in [6.07, 6.45) is 5.26. The van der Waals surface area contributed by atoms with Crippen LogP contribution in [0.15, 0.2) is 18.5 Å². The van der Waals surface area contributed by atoms with Crippen LogP contribution >= 0.6 is 0 Å². The Labute approximate surface area is 104 Å². The van der Waals surface area contributed by atoms with E-state index in [0.29, 0.717) is 0 Å². The molecule has 1 rings (SSSR count). The summed E-state index contributed by atoms with van der Waals surface area (Å²) in [5.74, 6) is 0. The molecule has 1 N–H and O–H groups in total. The van der Waals surface area contributed by atoms with Gasteiger partial charge in [-0.05, 0) is 25.0 Å². The molecular formula is C13H24N2O2. The van der Waals surface area contributed by atoms with E-state index in [1.165, 1.54) is 5.56 Å². The van der Waals surface area contributed by atoms with Gasteiger partial charge in [0.1, 0.15) is 0 Å². The van der Waals surface area contributed by atoms with Gasteiger partial charge in [0.15, 0.2) is 6.29 Å². The maximum Gasteiger partial charge on any atom is 0.171 e. The Kier molecular flexibility index (Phi) is 6.26. The monoisotopic (exact) mass is 240 g/mol. The van der Waals surface area contributed by atoms with E-state index in [0.717, 1.165) is 19.5 Å². The fourth-order valence-corrected chi connectivity index (χ4v) is 1.87. The van der Waals surface area contributed by atoms with Crippen LogP contribution in [0.1, 0.15) is 25.8 Å². The minimum Gasteiger partial charge on any atom is -0.354 e. The van der Waals surface area contributed by atoms with Crippen molar-refractivity contribution in [2.75, 3.05) is 14.2 Å². The number of hydrogen-bond acceptors (Lipinski definition) is 3. The number of nitrogens with zero attached hydrogens (tertiary/aromatic N) is 1. The maximum absolute atomic E-state index is 5.20. The van der Waals surface area contributed by atoms with Crippen molar-refractivity contribution in [3.63, 3.8) is 0 Å². The van der Waals surface area contributed by atoms with E-state index in [2.05, 4.69) is 42.2 Å². The topological polar surface area (TPSA) is 35.4 Å². The van der Waals surface area contributed by atoms with Crippen LogP contribution < -0.4 is 5.32 Å². The molecule has 0 fully saturated rings. The number of rotatable bonds is 8. The number of aryl methyl sites for hydroxylation is 1. The molecule has 1 aromatic heterocycles. The number of nitrogens with one attached hydrogen (secondary N) is 1. The minimum absolute atomic E-state index is 0.166. The zero-order valence-corrected chi connectivity index (χ0v) is 11.3. The maximum atomic E-state index is 5.20. The van der Waals surface area contributed by atoms with Crippen LogP contribution in [0.25, 0.3) is 0 Å². The Hall–Kier alpha value is -0.840. The Bertz CT molecular complexity index is 308. The van der Waals surface area contributed by atoms with Gasteiger partial charge in [-0.1, -0.05) is 6.92 Å². The van der Waals surface area contributed by atoms with Crippen molar-refractivity contribution in [2.24, 2.45) is 0 Å². The number of aromatic nitrogens is 1. The Morgan fingerprint density at radius 1 is 1.35 bits per heavy atom. The summed E-state index contributed by atoms with van der Waals surface area (Å²) >= 11 is 0. The highest BCUT2D eigenvalue weighted by atomic mass is 16.7. The summed E-state index contributed by atoms with van der Waals surface area (Å²) in [7, 11) is 3.31. The smallest absolute Gasteiger partial charge is 0.171 e. The van der Waals surface area contributed by atoms with Crippen molar-refractivity contribution in [1.29, 1.82) is 0 Å². The van der Waals surface area contributed by atoms with Gasteiger partial charge in [-0.3, -0.25) is 0 Å². The van der Waals surface area contributed by atoms with Crippen LogP contribution in [-0.2, 0) is 22.6 Å². The van der Waals surface area contributed by atoms with Gasteiger partial charge in [0, 0.05) is 39.7 Å². The van der Waals surface area contributed by atoms with Crippen molar-refractivity contribution in [1.82, 2.24) is 9.88 Å².